The van der Waals surface area contributed by atoms with Crippen molar-refractivity contribution >= 4 is 17.5 Å². The van der Waals surface area contributed by atoms with Crippen molar-refractivity contribution < 1.29 is 19.5 Å². The number of rotatable bonds is 2. The van der Waals surface area contributed by atoms with E-state index < -0.39 is 17.3 Å². The van der Waals surface area contributed by atoms with E-state index in [-0.39, 0.29) is 11.6 Å². The first-order valence-corrected chi connectivity index (χ1v) is 4.68. The standard InChI is InChI=1S/C10H14O4/c1-6(9(13)14)10(2)7(11)4-3-5-8(10)12/h6H,3-5H2,1-2H3,(H,13,14)/p-1. The van der Waals surface area contributed by atoms with Crippen LogP contribution in [0.3, 0.4) is 0 Å². The van der Waals surface area contributed by atoms with Crippen molar-refractivity contribution in [2.75, 3.05) is 0 Å². The van der Waals surface area contributed by atoms with Gasteiger partial charge in [-0.25, -0.2) is 0 Å². The van der Waals surface area contributed by atoms with E-state index in [0.29, 0.717) is 19.3 Å². The van der Waals surface area contributed by atoms with Gasteiger partial charge in [-0.15, -0.1) is 0 Å². The third kappa shape index (κ3) is 1.45. The van der Waals surface area contributed by atoms with Gasteiger partial charge in [0, 0.05) is 24.7 Å². The first kappa shape index (κ1) is 10.9. The average molecular weight is 197 g/mol. The van der Waals surface area contributed by atoms with E-state index in [1.165, 1.54) is 13.8 Å². The lowest BCUT2D eigenvalue weighted by atomic mass is 9.66. The van der Waals surface area contributed by atoms with Crippen LogP contribution in [0.1, 0.15) is 33.1 Å². The molecule has 0 spiro atoms. The molecule has 1 rings (SSSR count). The van der Waals surface area contributed by atoms with Gasteiger partial charge in [-0.1, -0.05) is 6.92 Å². The molecule has 1 aliphatic carbocycles. The zero-order chi connectivity index (χ0) is 10.9. The van der Waals surface area contributed by atoms with Gasteiger partial charge in [0.15, 0.2) is 0 Å². The molecule has 0 N–H and O–H groups in total. The van der Waals surface area contributed by atoms with Gasteiger partial charge in [0.1, 0.15) is 11.6 Å². The Morgan fingerprint density at radius 3 is 2.14 bits per heavy atom. The normalized spacial score (nSPS) is 23.3. The monoisotopic (exact) mass is 197 g/mol. The molecule has 1 aliphatic rings. The van der Waals surface area contributed by atoms with Gasteiger partial charge >= 0.3 is 0 Å². The number of ketones is 2. The van der Waals surface area contributed by atoms with Crippen molar-refractivity contribution in [1.82, 2.24) is 0 Å². The molecule has 0 aromatic heterocycles. The summed E-state index contributed by atoms with van der Waals surface area (Å²) in [7, 11) is 0. The predicted molar refractivity (Wildman–Crippen MR) is 46.1 cm³/mol. The lowest BCUT2D eigenvalue weighted by Gasteiger charge is -2.36. The summed E-state index contributed by atoms with van der Waals surface area (Å²) in [6, 6.07) is 0. The van der Waals surface area contributed by atoms with Crippen molar-refractivity contribution in [3.8, 4) is 0 Å². The second-order valence-electron chi connectivity index (χ2n) is 3.94. The smallest absolute Gasteiger partial charge is 0.146 e. The predicted octanol–water partition coefficient (Wildman–Crippen LogP) is -0.299. The highest BCUT2D eigenvalue weighted by Crippen LogP contribution is 2.36. The zero-order valence-corrected chi connectivity index (χ0v) is 8.33. The molecule has 78 valence electrons. The fourth-order valence-corrected chi connectivity index (χ4v) is 1.80. The SMILES string of the molecule is CC(C(=O)[O-])C1(C)C(=O)CCCC1=O. The molecule has 4 nitrogen and oxygen atoms in total. The average Bonchev–Trinajstić information content (AvgIpc) is 2.12. The Bertz CT molecular complexity index is 276. The van der Waals surface area contributed by atoms with Crippen molar-refractivity contribution in [3.63, 3.8) is 0 Å². The Balaban J connectivity index is 3.04. The number of hydrogen-bond acceptors (Lipinski definition) is 4. The summed E-state index contributed by atoms with van der Waals surface area (Å²) in [5.74, 6) is -2.92. The Morgan fingerprint density at radius 2 is 1.79 bits per heavy atom. The van der Waals surface area contributed by atoms with Crippen LogP contribution in [-0.2, 0) is 14.4 Å². The van der Waals surface area contributed by atoms with Crippen LogP contribution in [0.5, 0.6) is 0 Å². The van der Waals surface area contributed by atoms with Crippen molar-refractivity contribution in [2.45, 2.75) is 33.1 Å². The van der Waals surface area contributed by atoms with Crippen LogP contribution in [0.2, 0.25) is 0 Å². The zero-order valence-electron chi connectivity index (χ0n) is 8.33. The molecule has 0 aromatic carbocycles. The summed E-state index contributed by atoms with van der Waals surface area (Å²) in [5.41, 5.74) is -1.36. The highest BCUT2D eigenvalue weighted by atomic mass is 16.4. The minimum absolute atomic E-state index is 0.273. The van der Waals surface area contributed by atoms with Gasteiger partial charge in [0.2, 0.25) is 0 Å². The molecule has 0 saturated heterocycles. The number of carboxylic acid groups (broad SMARTS) is 1. The third-order valence-corrected chi connectivity index (χ3v) is 3.19. The van der Waals surface area contributed by atoms with Crippen molar-refractivity contribution in [1.29, 1.82) is 0 Å². The number of carbonyl (C=O) groups excluding carboxylic acids is 3. The number of hydrogen-bond donors (Lipinski definition) is 0. The van der Waals surface area contributed by atoms with Gasteiger partial charge < -0.3 is 9.90 Å². The van der Waals surface area contributed by atoms with Crippen LogP contribution in [0, 0.1) is 11.3 Å². The molecule has 0 amide bonds. The Labute approximate surface area is 82.3 Å². The van der Waals surface area contributed by atoms with Crippen molar-refractivity contribution in [3.05, 3.63) is 0 Å². The van der Waals surface area contributed by atoms with E-state index in [9.17, 15) is 19.5 Å². The van der Waals surface area contributed by atoms with Crippen LogP contribution in [0.25, 0.3) is 0 Å². The fourth-order valence-electron chi connectivity index (χ4n) is 1.80. The number of aliphatic carboxylic acids is 1. The summed E-state index contributed by atoms with van der Waals surface area (Å²) >= 11 is 0. The lowest BCUT2D eigenvalue weighted by molar-refractivity contribution is -0.313. The molecule has 0 heterocycles. The minimum atomic E-state index is -1.36. The summed E-state index contributed by atoms with van der Waals surface area (Å²) in [5, 5.41) is 10.7. The highest BCUT2D eigenvalue weighted by molar-refractivity contribution is 6.10. The molecule has 0 aliphatic heterocycles. The van der Waals surface area contributed by atoms with Crippen molar-refractivity contribution in [2.24, 2.45) is 11.3 Å². The first-order chi connectivity index (χ1) is 6.40. The third-order valence-electron chi connectivity index (χ3n) is 3.19. The number of Topliss-reactive ketones (excluding diaryl/α,β-unsaturated/α-hetero) is 2. The molecule has 1 fully saturated rings. The molecule has 1 saturated carbocycles. The molecule has 1 atom stereocenters. The van der Waals surface area contributed by atoms with Crippen LogP contribution < -0.4 is 5.11 Å². The van der Waals surface area contributed by atoms with Crippen LogP contribution in [0.15, 0.2) is 0 Å². The van der Waals surface area contributed by atoms with Gasteiger partial charge in [-0.05, 0) is 13.3 Å². The number of carboxylic acids is 1. The van der Waals surface area contributed by atoms with Crippen LogP contribution >= 0.6 is 0 Å². The summed E-state index contributed by atoms with van der Waals surface area (Å²) in [6.07, 6.45) is 1.12. The molecule has 0 aromatic rings. The topological polar surface area (TPSA) is 74.3 Å². The molecular weight excluding hydrogens is 184 g/mol. The van der Waals surface area contributed by atoms with Gasteiger partial charge in [-0.3, -0.25) is 9.59 Å². The van der Waals surface area contributed by atoms with E-state index in [2.05, 4.69) is 0 Å². The Hall–Kier alpha value is -1.19. The van der Waals surface area contributed by atoms with E-state index in [1.807, 2.05) is 0 Å². The molecular formula is C10H13O4-. The first-order valence-electron chi connectivity index (χ1n) is 4.68. The summed E-state index contributed by atoms with van der Waals surface area (Å²) in [6.45, 7) is 2.77. The maximum Gasteiger partial charge on any atom is 0.146 e. The van der Waals surface area contributed by atoms with E-state index in [0.717, 1.165) is 0 Å². The van der Waals surface area contributed by atoms with Crippen LogP contribution in [-0.4, -0.2) is 17.5 Å². The Morgan fingerprint density at radius 1 is 1.36 bits per heavy atom. The maximum atomic E-state index is 11.6. The summed E-state index contributed by atoms with van der Waals surface area (Å²) < 4.78 is 0. The quantitative estimate of drug-likeness (QED) is 0.570. The second-order valence-corrected chi connectivity index (χ2v) is 3.94. The maximum absolute atomic E-state index is 11.6. The fraction of sp³-hybridized carbons (Fsp3) is 0.700. The second kappa shape index (κ2) is 3.52. The van der Waals surface area contributed by atoms with Gasteiger partial charge in [0.25, 0.3) is 0 Å². The van der Waals surface area contributed by atoms with Crippen LogP contribution in [0.4, 0.5) is 0 Å². The largest absolute Gasteiger partial charge is 0.550 e. The highest BCUT2D eigenvalue weighted by Gasteiger charge is 2.47. The lowest BCUT2D eigenvalue weighted by Crippen LogP contribution is -2.50. The molecule has 14 heavy (non-hydrogen) atoms. The molecule has 0 radical (unpaired) electrons. The van der Waals surface area contributed by atoms with E-state index in [4.69, 9.17) is 0 Å². The van der Waals surface area contributed by atoms with E-state index in [1.54, 1.807) is 0 Å². The minimum Gasteiger partial charge on any atom is -0.550 e. The summed E-state index contributed by atoms with van der Waals surface area (Å²) in [4.78, 5) is 33.8. The Kier molecular flexibility index (Phi) is 2.73. The molecule has 0 bridgehead atoms. The molecule has 4 heteroatoms. The number of carbonyl (C=O) groups is 3. The van der Waals surface area contributed by atoms with Gasteiger partial charge in [-0.2, -0.15) is 0 Å². The van der Waals surface area contributed by atoms with E-state index >= 15 is 0 Å². The molecule has 1 unspecified atom stereocenters. The van der Waals surface area contributed by atoms with Gasteiger partial charge in [0.05, 0.1) is 5.41 Å².